The zero-order valence-electron chi connectivity index (χ0n) is 7.49. The second-order valence-electron chi connectivity index (χ2n) is 3.39. The van der Waals surface area contributed by atoms with Crippen molar-refractivity contribution in [2.24, 2.45) is 0 Å². The summed E-state index contributed by atoms with van der Waals surface area (Å²) in [7, 11) is 0. The van der Waals surface area contributed by atoms with Crippen LogP contribution in [0.4, 0.5) is 0 Å². The molecule has 0 aromatic rings. The van der Waals surface area contributed by atoms with E-state index in [0.717, 1.165) is 0 Å². The summed E-state index contributed by atoms with van der Waals surface area (Å²) in [4.78, 5) is 2.21. The Morgan fingerprint density at radius 2 is 1.50 bits per heavy atom. The van der Waals surface area contributed by atoms with E-state index in [1.165, 1.54) is 11.1 Å². The number of rotatable bonds is 0. The largest absolute Gasteiger partial charge is 0.390 e. The van der Waals surface area contributed by atoms with Crippen molar-refractivity contribution in [2.75, 3.05) is 0 Å². The molecule has 0 N–H and O–H groups in total. The van der Waals surface area contributed by atoms with Gasteiger partial charge >= 0.3 is 6.85 Å². The van der Waals surface area contributed by atoms with Crippen molar-refractivity contribution in [2.45, 2.75) is 13.8 Å². The third-order valence-electron chi connectivity index (χ3n) is 2.23. The van der Waals surface area contributed by atoms with Gasteiger partial charge < -0.3 is 4.81 Å². The molecule has 0 saturated carbocycles. The normalized spacial score (nSPS) is 20.5. The number of nitrogens with zero attached hydrogens (tertiary/aromatic N) is 1. The molecule has 0 aliphatic carbocycles. The topological polar surface area (TPSA) is 3.24 Å². The van der Waals surface area contributed by atoms with Crippen molar-refractivity contribution in [3.63, 3.8) is 0 Å². The highest BCUT2D eigenvalue weighted by Gasteiger charge is 2.18. The highest BCUT2D eigenvalue weighted by molar-refractivity contribution is 6.68. The van der Waals surface area contributed by atoms with Crippen LogP contribution in [0.15, 0.2) is 47.6 Å². The second-order valence-corrected chi connectivity index (χ2v) is 3.39. The van der Waals surface area contributed by atoms with E-state index in [0.29, 0.717) is 6.85 Å². The molecule has 0 bridgehead atoms. The standard InChI is InChI=1S/C10H12BN/c1-9-3-5-12-6-4-10(2)8-11(12)7-9/h3-8H,1-2H3. The first-order valence-electron chi connectivity index (χ1n) is 4.26. The van der Waals surface area contributed by atoms with Gasteiger partial charge in [0.2, 0.25) is 0 Å². The third kappa shape index (κ3) is 1.25. The molecule has 2 aliphatic heterocycles. The molecular weight excluding hydrogens is 145 g/mol. The van der Waals surface area contributed by atoms with Crippen molar-refractivity contribution in [1.29, 1.82) is 0 Å². The molecule has 2 heterocycles. The summed E-state index contributed by atoms with van der Waals surface area (Å²) in [6, 6.07) is 0. The summed E-state index contributed by atoms with van der Waals surface area (Å²) in [5.74, 6) is 4.54. The minimum atomic E-state index is 0.444. The van der Waals surface area contributed by atoms with Crippen LogP contribution in [0.2, 0.25) is 0 Å². The van der Waals surface area contributed by atoms with Gasteiger partial charge in [-0.05, 0) is 38.4 Å². The molecule has 12 heavy (non-hydrogen) atoms. The molecule has 0 saturated heterocycles. The number of allylic oxidation sites excluding steroid dienone is 4. The molecule has 0 aromatic heterocycles. The monoisotopic (exact) mass is 157 g/mol. The molecular formula is C10H12BN. The lowest BCUT2D eigenvalue weighted by Crippen LogP contribution is -2.31. The third-order valence-corrected chi connectivity index (χ3v) is 2.23. The molecule has 0 fully saturated rings. The zero-order chi connectivity index (χ0) is 8.55. The predicted molar refractivity (Wildman–Crippen MR) is 53.4 cm³/mol. The van der Waals surface area contributed by atoms with Crippen LogP contribution in [0, 0.1) is 0 Å². The van der Waals surface area contributed by atoms with Gasteiger partial charge in [-0.3, -0.25) is 0 Å². The number of hydrogen-bond acceptors (Lipinski definition) is 1. The fourth-order valence-electron chi connectivity index (χ4n) is 1.53. The van der Waals surface area contributed by atoms with Crippen molar-refractivity contribution in [3.05, 3.63) is 47.6 Å². The van der Waals surface area contributed by atoms with E-state index in [2.05, 4.69) is 55.2 Å². The van der Waals surface area contributed by atoms with Crippen LogP contribution >= 0.6 is 0 Å². The van der Waals surface area contributed by atoms with E-state index >= 15 is 0 Å². The number of fused-ring (bicyclic) bond motifs is 1. The van der Waals surface area contributed by atoms with E-state index < -0.39 is 0 Å². The van der Waals surface area contributed by atoms with Crippen molar-refractivity contribution in [1.82, 2.24) is 4.81 Å². The van der Waals surface area contributed by atoms with Crippen LogP contribution in [0.5, 0.6) is 0 Å². The fourth-order valence-corrected chi connectivity index (χ4v) is 1.53. The average molecular weight is 157 g/mol. The average Bonchev–Trinajstić information content (AvgIpc) is 2.03. The van der Waals surface area contributed by atoms with E-state index in [1.807, 2.05) is 0 Å². The fraction of sp³-hybridized carbons (Fsp3) is 0.200. The lowest BCUT2D eigenvalue weighted by Gasteiger charge is -2.26. The van der Waals surface area contributed by atoms with E-state index in [-0.39, 0.29) is 0 Å². The SMILES string of the molecule is CC1=CB2C=C(C)C=CN2C=C1. The Bertz CT molecular complexity index is 280. The summed E-state index contributed by atoms with van der Waals surface area (Å²) in [6.07, 6.45) is 8.52. The van der Waals surface area contributed by atoms with Crippen molar-refractivity contribution < 1.29 is 0 Å². The zero-order valence-corrected chi connectivity index (χ0v) is 7.49. The van der Waals surface area contributed by atoms with E-state index in [1.54, 1.807) is 0 Å². The molecule has 0 unspecified atom stereocenters. The van der Waals surface area contributed by atoms with Crippen LogP contribution < -0.4 is 0 Å². The molecule has 0 spiro atoms. The molecule has 2 rings (SSSR count). The van der Waals surface area contributed by atoms with Crippen molar-refractivity contribution in [3.8, 4) is 0 Å². The van der Waals surface area contributed by atoms with Crippen LogP contribution in [-0.2, 0) is 0 Å². The molecule has 60 valence electrons. The van der Waals surface area contributed by atoms with Crippen LogP contribution in [0.3, 0.4) is 0 Å². The van der Waals surface area contributed by atoms with Gasteiger partial charge in [0.25, 0.3) is 0 Å². The summed E-state index contributed by atoms with van der Waals surface area (Å²) in [5.41, 5.74) is 2.69. The van der Waals surface area contributed by atoms with Gasteiger partial charge in [0.15, 0.2) is 0 Å². The van der Waals surface area contributed by atoms with Gasteiger partial charge in [0, 0.05) is 0 Å². The summed E-state index contributed by atoms with van der Waals surface area (Å²) in [6.45, 7) is 4.71. The second kappa shape index (κ2) is 2.70. The molecule has 2 heteroatoms. The van der Waals surface area contributed by atoms with Gasteiger partial charge in [0.05, 0.1) is 0 Å². The summed E-state index contributed by atoms with van der Waals surface area (Å²) < 4.78 is 0. The maximum absolute atomic E-state index is 2.27. The smallest absolute Gasteiger partial charge is 0.312 e. The number of hydrogen-bond donors (Lipinski definition) is 0. The Hall–Kier alpha value is -1.18. The Labute approximate surface area is 73.9 Å². The first kappa shape index (κ1) is 7.47. The first-order valence-corrected chi connectivity index (χ1v) is 4.26. The molecule has 1 nitrogen and oxygen atoms in total. The summed E-state index contributed by atoms with van der Waals surface area (Å²) in [5, 5.41) is 0. The highest BCUT2D eigenvalue weighted by Crippen LogP contribution is 2.17. The first-order chi connectivity index (χ1) is 5.75. The summed E-state index contributed by atoms with van der Waals surface area (Å²) >= 11 is 0. The Morgan fingerprint density at radius 3 is 2.00 bits per heavy atom. The van der Waals surface area contributed by atoms with E-state index in [4.69, 9.17) is 0 Å². The molecule has 0 atom stereocenters. The molecule has 0 amide bonds. The van der Waals surface area contributed by atoms with Crippen LogP contribution in [-0.4, -0.2) is 11.7 Å². The molecule has 0 radical (unpaired) electrons. The maximum Gasteiger partial charge on any atom is 0.312 e. The van der Waals surface area contributed by atoms with E-state index in [9.17, 15) is 0 Å². The van der Waals surface area contributed by atoms with Crippen LogP contribution in [0.25, 0.3) is 0 Å². The van der Waals surface area contributed by atoms with Crippen LogP contribution in [0.1, 0.15) is 13.8 Å². The Balaban J connectivity index is 2.30. The quantitative estimate of drug-likeness (QED) is 0.487. The van der Waals surface area contributed by atoms with Gasteiger partial charge in [0.1, 0.15) is 0 Å². The predicted octanol–water partition coefficient (Wildman–Crippen LogP) is 2.31. The van der Waals surface area contributed by atoms with Gasteiger partial charge in [-0.1, -0.05) is 23.1 Å². The Morgan fingerprint density at radius 1 is 1.00 bits per heavy atom. The highest BCUT2D eigenvalue weighted by atomic mass is 15.0. The minimum Gasteiger partial charge on any atom is -0.390 e. The minimum absolute atomic E-state index is 0.444. The molecule has 2 aliphatic rings. The molecule has 0 aromatic carbocycles. The van der Waals surface area contributed by atoms with Gasteiger partial charge in [-0.2, -0.15) is 0 Å². The van der Waals surface area contributed by atoms with Gasteiger partial charge in [-0.25, -0.2) is 0 Å². The Kier molecular flexibility index (Phi) is 1.68. The van der Waals surface area contributed by atoms with Gasteiger partial charge in [-0.15, -0.1) is 0 Å². The van der Waals surface area contributed by atoms with Crippen molar-refractivity contribution >= 4 is 6.85 Å². The maximum atomic E-state index is 2.27. The lowest BCUT2D eigenvalue weighted by molar-refractivity contribution is 0.784. The lowest BCUT2D eigenvalue weighted by atomic mass is 9.56.